The van der Waals surface area contributed by atoms with Gasteiger partial charge in [0.25, 0.3) is 5.56 Å². The van der Waals surface area contributed by atoms with E-state index in [1.54, 1.807) is 0 Å². The van der Waals surface area contributed by atoms with Gasteiger partial charge in [0.15, 0.2) is 0 Å². The number of hydrogen-bond acceptors (Lipinski definition) is 4. The minimum absolute atomic E-state index is 0.303. The van der Waals surface area contributed by atoms with Crippen molar-refractivity contribution in [2.24, 2.45) is 5.92 Å². The van der Waals surface area contributed by atoms with Crippen molar-refractivity contribution in [3.05, 3.63) is 20.8 Å². The molecule has 0 unspecified atom stereocenters. The summed E-state index contributed by atoms with van der Waals surface area (Å²) in [6, 6.07) is 0. The summed E-state index contributed by atoms with van der Waals surface area (Å²) in [5, 5.41) is 5.88. The lowest BCUT2D eigenvalue weighted by atomic mass is 10.0. The largest absolute Gasteiger partial charge is 0.350 e. The minimum atomic E-state index is -0.567. The molecule has 2 N–H and O–H groups in total. The number of H-pyrrole nitrogens is 2. The van der Waals surface area contributed by atoms with Crippen LogP contribution in [-0.4, -0.2) is 28.3 Å². The van der Waals surface area contributed by atoms with Crippen LogP contribution in [0.1, 0.15) is 6.92 Å². The standard InChI is InChI=1S/C7H10N4O2/c1-4-2-11(3-4)5-6(12)8-7(13)10-9-5/h4H,2-3H2,1H3,(H2,8,10,12,13). The van der Waals surface area contributed by atoms with Gasteiger partial charge in [0.05, 0.1) is 0 Å². The zero-order valence-corrected chi connectivity index (χ0v) is 7.20. The average molecular weight is 182 g/mol. The first-order valence-electron chi connectivity index (χ1n) is 4.11. The van der Waals surface area contributed by atoms with E-state index in [9.17, 15) is 9.59 Å². The molecule has 0 saturated carbocycles. The van der Waals surface area contributed by atoms with Crippen molar-refractivity contribution in [2.45, 2.75) is 6.92 Å². The molecule has 6 nitrogen and oxygen atoms in total. The lowest BCUT2D eigenvalue weighted by Crippen LogP contribution is -2.48. The zero-order valence-electron chi connectivity index (χ0n) is 7.20. The number of aromatic amines is 2. The van der Waals surface area contributed by atoms with Crippen molar-refractivity contribution in [1.82, 2.24) is 15.2 Å². The van der Waals surface area contributed by atoms with Crippen molar-refractivity contribution < 1.29 is 0 Å². The van der Waals surface area contributed by atoms with Gasteiger partial charge in [-0.15, -0.1) is 5.10 Å². The first-order chi connectivity index (χ1) is 6.16. The Morgan fingerprint density at radius 3 is 2.69 bits per heavy atom. The van der Waals surface area contributed by atoms with Gasteiger partial charge in [-0.1, -0.05) is 6.92 Å². The van der Waals surface area contributed by atoms with Gasteiger partial charge in [0.2, 0.25) is 5.82 Å². The van der Waals surface area contributed by atoms with E-state index < -0.39 is 11.2 Å². The summed E-state index contributed by atoms with van der Waals surface area (Å²) in [7, 11) is 0. The summed E-state index contributed by atoms with van der Waals surface area (Å²) in [4.78, 5) is 25.8. The van der Waals surface area contributed by atoms with Gasteiger partial charge in [0.1, 0.15) is 0 Å². The highest BCUT2D eigenvalue weighted by molar-refractivity contribution is 5.37. The molecular formula is C7H10N4O2. The van der Waals surface area contributed by atoms with E-state index in [0.29, 0.717) is 11.7 Å². The average Bonchev–Trinajstić information content (AvgIpc) is 2.00. The first-order valence-corrected chi connectivity index (χ1v) is 4.11. The molecule has 1 saturated heterocycles. The smallest absolute Gasteiger partial charge is 0.342 e. The Labute approximate surface area is 73.6 Å². The second kappa shape index (κ2) is 2.72. The molecule has 1 aromatic heterocycles. The van der Waals surface area contributed by atoms with Crippen molar-refractivity contribution in [3.8, 4) is 0 Å². The van der Waals surface area contributed by atoms with Gasteiger partial charge in [-0.3, -0.25) is 9.78 Å². The molecule has 0 aromatic carbocycles. The maximum atomic E-state index is 11.2. The van der Waals surface area contributed by atoms with Crippen LogP contribution in [0, 0.1) is 5.92 Å². The van der Waals surface area contributed by atoms with E-state index in [1.807, 2.05) is 4.90 Å². The molecule has 2 heterocycles. The Morgan fingerprint density at radius 2 is 2.15 bits per heavy atom. The number of anilines is 1. The zero-order chi connectivity index (χ0) is 9.42. The molecule has 2 rings (SSSR count). The van der Waals surface area contributed by atoms with Gasteiger partial charge >= 0.3 is 5.69 Å². The predicted octanol–water partition coefficient (Wildman–Crippen LogP) is -1.09. The molecule has 0 atom stereocenters. The van der Waals surface area contributed by atoms with E-state index >= 15 is 0 Å². The molecule has 1 fully saturated rings. The monoisotopic (exact) mass is 182 g/mol. The molecule has 0 radical (unpaired) electrons. The molecular weight excluding hydrogens is 172 g/mol. The minimum Gasteiger partial charge on any atom is -0.350 e. The van der Waals surface area contributed by atoms with Gasteiger partial charge in [-0.05, 0) is 5.92 Å². The van der Waals surface area contributed by atoms with E-state index in [0.717, 1.165) is 13.1 Å². The molecule has 0 bridgehead atoms. The van der Waals surface area contributed by atoms with Crippen molar-refractivity contribution in [3.63, 3.8) is 0 Å². The Bertz CT molecular complexity index is 415. The van der Waals surface area contributed by atoms with E-state index in [1.165, 1.54) is 0 Å². The van der Waals surface area contributed by atoms with Crippen molar-refractivity contribution >= 4 is 5.82 Å². The lowest BCUT2D eigenvalue weighted by Gasteiger charge is -2.36. The summed E-state index contributed by atoms with van der Waals surface area (Å²) >= 11 is 0. The van der Waals surface area contributed by atoms with Crippen molar-refractivity contribution in [1.29, 1.82) is 0 Å². The Hall–Kier alpha value is -1.59. The van der Waals surface area contributed by atoms with Crippen LogP contribution in [-0.2, 0) is 0 Å². The van der Waals surface area contributed by atoms with E-state index in [-0.39, 0.29) is 0 Å². The molecule has 1 aromatic rings. The number of rotatable bonds is 1. The summed E-state index contributed by atoms with van der Waals surface area (Å²) < 4.78 is 0. The van der Waals surface area contributed by atoms with Crippen LogP contribution in [0.5, 0.6) is 0 Å². The molecule has 0 spiro atoms. The second-order valence-electron chi connectivity index (χ2n) is 3.34. The van der Waals surface area contributed by atoms with Crippen LogP contribution in [0.15, 0.2) is 9.59 Å². The van der Waals surface area contributed by atoms with Gasteiger partial charge in [-0.25, -0.2) is 9.89 Å². The predicted molar refractivity (Wildman–Crippen MR) is 46.9 cm³/mol. The van der Waals surface area contributed by atoms with E-state index in [4.69, 9.17) is 0 Å². The molecule has 0 aliphatic carbocycles. The van der Waals surface area contributed by atoms with Crippen LogP contribution in [0.25, 0.3) is 0 Å². The van der Waals surface area contributed by atoms with Crippen LogP contribution in [0.3, 0.4) is 0 Å². The SMILES string of the molecule is CC1CN(c2n[nH]c(=O)[nH]c2=O)C1. The van der Waals surface area contributed by atoms with Crippen molar-refractivity contribution in [2.75, 3.05) is 18.0 Å². The van der Waals surface area contributed by atoms with Gasteiger partial charge < -0.3 is 4.90 Å². The number of hydrogen-bond donors (Lipinski definition) is 2. The topological polar surface area (TPSA) is 81.8 Å². The molecule has 1 aliphatic rings. The lowest BCUT2D eigenvalue weighted by molar-refractivity contribution is 0.439. The fraction of sp³-hybridized carbons (Fsp3) is 0.571. The third kappa shape index (κ3) is 1.34. The number of nitrogens with zero attached hydrogens (tertiary/aromatic N) is 2. The number of aromatic nitrogens is 3. The number of nitrogens with one attached hydrogen (secondary N) is 2. The Balaban J connectivity index is 2.32. The first kappa shape index (κ1) is 8.03. The fourth-order valence-electron chi connectivity index (χ4n) is 1.43. The molecule has 70 valence electrons. The summed E-state index contributed by atoms with van der Waals surface area (Å²) in [5.74, 6) is 0.894. The summed E-state index contributed by atoms with van der Waals surface area (Å²) in [6.45, 7) is 3.74. The highest BCUT2D eigenvalue weighted by Crippen LogP contribution is 2.17. The molecule has 1 aliphatic heterocycles. The van der Waals surface area contributed by atoms with Crippen LogP contribution >= 0.6 is 0 Å². The Morgan fingerprint density at radius 1 is 1.46 bits per heavy atom. The maximum absolute atomic E-state index is 11.2. The van der Waals surface area contributed by atoms with Crippen LogP contribution in [0.2, 0.25) is 0 Å². The third-order valence-corrected chi connectivity index (χ3v) is 2.06. The maximum Gasteiger partial charge on any atom is 0.342 e. The van der Waals surface area contributed by atoms with Crippen LogP contribution < -0.4 is 16.1 Å². The highest BCUT2D eigenvalue weighted by Gasteiger charge is 2.25. The van der Waals surface area contributed by atoms with Gasteiger partial charge in [0, 0.05) is 13.1 Å². The van der Waals surface area contributed by atoms with Crippen LogP contribution in [0.4, 0.5) is 5.82 Å². The summed E-state index contributed by atoms with van der Waals surface area (Å²) in [6.07, 6.45) is 0. The highest BCUT2D eigenvalue weighted by atomic mass is 16.2. The Kier molecular flexibility index (Phi) is 1.68. The quantitative estimate of drug-likeness (QED) is 0.578. The summed E-state index contributed by atoms with van der Waals surface area (Å²) in [5.41, 5.74) is -0.988. The second-order valence-corrected chi connectivity index (χ2v) is 3.34. The molecule has 13 heavy (non-hydrogen) atoms. The van der Waals surface area contributed by atoms with Gasteiger partial charge in [-0.2, -0.15) is 0 Å². The van der Waals surface area contributed by atoms with E-state index in [2.05, 4.69) is 22.1 Å². The molecule has 0 amide bonds. The fourth-order valence-corrected chi connectivity index (χ4v) is 1.43. The third-order valence-electron chi connectivity index (χ3n) is 2.06. The molecule has 6 heteroatoms. The normalized spacial score (nSPS) is 17.2.